The third-order valence-corrected chi connectivity index (χ3v) is 1.12. The van der Waals surface area contributed by atoms with Gasteiger partial charge in [0.25, 0.3) is 0 Å². The molecule has 0 atom stereocenters. The van der Waals surface area contributed by atoms with E-state index in [2.05, 4.69) is 6.07 Å². The number of Topliss-reactive ketones (excluding diaryl/α,β-unsaturated/α-hetero) is 1. The van der Waals surface area contributed by atoms with Gasteiger partial charge in [-0.2, -0.15) is 30.3 Å². The first-order chi connectivity index (χ1) is 4.30. The Kier molecular flexibility index (Phi) is 4.22. The minimum Gasteiger partial charge on any atom is -0.297 e. The van der Waals surface area contributed by atoms with E-state index in [9.17, 15) is 4.79 Å². The Hall–Kier alpha value is -0.422. The summed E-state index contributed by atoms with van der Waals surface area (Å²) in [5.74, 6) is 0.101. The van der Waals surface area contributed by atoms with Crippen LogP contribution in [0.2, 0.25) is 0 Å². The minimum absolute atomic E-state index is 0. The zero-order valence-electron chi connectivity index (χ0n) is 5.63. The molecule has 0 aliphatic rings. The topological polar surface area (TPSA) is 17.1 Å². The van der Waals surface area contributed by atoms with Crippen molar-refractivity contribution >= 4 is 5.78 Å². The SMILES string of the molecule is CC(=O)c1cc[c-]cc1.[W]. The Labute approximate surface area is 74.7 Å². The average molecular weight is 303 g/mol. The van der Waals surface area contributed by atoms with Gasteiger partial charge in [-0.3, -0.25) is 4.79 Å². The summed E-state index contributed by atoms with van der Waals surface area (Å²) >= 11 is 0. The summed E-state index contributed by atoms with van der Waals surface area (Å²) in [5.41, 5.74) is 0.744. The Morgan fingerprint density at radius 2 is 1.90 bits per heavy atom. The Morgan fingerprint density at radius 3 is 2.20 bits per heavy atom. The van der Waals surface area contributed by atoms with E-state index in [-0.39, 0.29) is 26.8 Å². The monoisotopic (exact) mass is 303 g/mol. The molecule has 0 fully saturated rings. The molecule has 2 heteroatoms. The fraction of sp³-hybridized carbons (Fsp3) is 0.125. The van der Waals surface area contributed by atoms with E-state index in [0.29, 0.717) is 0 Å². The largest absolute Gasteiger partial charge is 0.297 e. The van der Waals surface area contributed by atoms with Gasteiger partial charge in [0.1, 0.15) is 5.78 Å². The van der Waals surface area contributed by atoms with Crippen molar-refractivity contribution in [2.24, 2.45) is 0 Å². The predicted molar refractivity (Wildman–Crippen MR) is 35.3 cm³/mol. The van der Waals surface area contributed by atoms with Gasteiger partial charge in [0.15, 0.2) is 0 Å². The van der Waals surface area contributed by atoms with Crippen molar-refractivity contribution in [2.45, 2.75) is 6.92 Å². The minimum atomic E-state index is 0. The van der Waals surface area contributed by atoms with Gasteiger partial charge < -0.3 is 0 Å². The van der Waals surface area contributed by atoms with Crippen molar-refractivity contribution in [3.63, 3.8) is 0 Å². The van der Waals surface area contributed by atoms with Crippen molar-refractivity contribution in [3.8, 4) is 0 Å². The molecule has 0 heterocycles. The van der Waals surface area contributed by atoms with Crippen LogP contribution in [0.15, 0.2) is 24.3 Å². The molecule has 1 aromatic rings. The molecule has 0 amide bonds. The second-order valence-corrected chi connectivity index (χ2v) is 1.84. The molecule has 0 unspecified atom stereocenters. The fourth-order valence-corrected chi connectivity index (χ4v) is 0.622. The molecular weight excluding hydrogens is 296 g/mol. The van der Waals surface area contributed by atoms with Gasteiger partial charge in [-0.05, 0) is 6.92 Å². The van der Waals surface area contributed by atoms with Gasteiger partial charge in [0.05, 0.1) is 0 Å². The second-order valence-electron chi connectivity index (χ2n) is 1.84. The Bertz CT molecular complexity index is 206. The molecule has 0 bridgehead atoms. The molecular formula is C8H7OW-. The van der Waals surface area contributed by atoms with Crippen LogP contribution in [-0.2, 0) is 21.1 Å². The molecule has 0 aliphatic carbocycles. The molecule has 1 rings (SSSR count). The molecule has 10 heavy (non-hydrogen) atoms. The van der Waals surface area contributed by atoms with E-state index in [1.165, 1.54) is 0 Å². The van der Waals surface area contributed by atoms with Crippen LogP contribution in [-0.4, -0.2) is 5.78 Å². The number of benzene rings is 1. The first kappa shape index (κ1) is 9.58. The van der Waals surface area contributed by atoms with E-state index < -0.39 is 0 Å². The van der Waals surface area contributed by atoms with E-state index in [1.54, 1.807) is 31.2 Å². The normalized spacial score (nSPS) is 8.10. The van der Waals surface area contributed by atoms with Crippen LogP contribution in [0.5, 0.6) is 0 Å². The molecule has 0 aliphatic heterocycles. The summed E-state index contributed by atoms with van der Waals surface area (Å²) in [7, 11) is 0. The summed E-state index contributed by atoms with van der Waals surface area (Å²) in [5, 5.41) is 0. The number of hydrogen-bond acceptors (Lipinski definition) is 1. The van der Waals surface area contributed by atoms with Crippen molar-refractivity contribution < 1.29 is 25.9 Å². The van der Waals surface area contributed by atoms with Crippen molar-refractivity contribution in [1.29, 1.82) is 0 Å². The predicted octanol–water partition coefficient (Wildman–Crippen LogP) is 1.69. The maximum absolute atomic E-state index is 10.6. The molecule has 1 nitrogen and oxygen atoms in total. The van der Waals surface area contributed by atoms with Crippen LogP contribution in [0.25, 0.3) is 0 Å². The Morgan fingerprint density at radius 1 is 1.40 bits per heavy atom. The summed E-state index contributed by atoms with van der Waals surface area (Å²) < 4.78 is 0. The van der Waals surface area contributed by atoms with Gasteiger partial charge in [-0.25, -0.2) is 0 Å². The van der Waals surface area contributed by atoms with Crippen LogP contribution >= 0.6 is 0 Å². The van der Waals surface area contributed by atoms with E-state index in [4.69, 9.17) is 0 Å². The third kappa shape index (κ3) is 2.45. The zero-order chi connectivity index (χ0) is 6.69. The Balaban J connectivity index is 0.000000810. The molecule has 0 N–H and O–H groups in total. The number of ketones is 1. The van der Waals surface area contributed by atoms with Crippen molar-refractivity contribution in [3.05, 3.63) is 35.9 Å². The number of carbonyl (C=O) groups is 1. The van der Waals surface area contributed by atoms with Crippen LogP contribution in [0.4, 0.5) is 0 Å². The quantitative estimate of drug-likeness (QED) is 0.570. The summed E-state index contributed by atoms with van der Waals surface area (Å²) in [6.07, 6.45) is 0. The molecule has 1 aromatic carbocycles. The van der Waals surface area contributed by atoms with Crippen LogP contribution in [0.3, 0.4) is 0 Å². The average Bonchev–Trinajstić information content (AvgIpc) is 1.90. The maximum atomic E-state index is 10.6. The third-order valence-electron chi connectivity index (χ3n) is 1.12. The van der Waals surface area contributed by atoms with Gasteiger partial charge in [0.2, 0.25) is 0 Å². The maximum Gasteiger partial charge on any atom is 0.135 e. The number of rotatable bonds is 1. The van der Waals surface area contributed by atoms with E-state index in [0.717, 1.165) is 5.56 Å². The summed E-state index contributed by atoms with van der Waals surface area (Å²) in [4.78, 5) is 10.6. The summed E-state index contributed by atoms with van der Waals surface area (Å²) in [6.45, 7) is 1.55. The van der Waals surface area contributed by atoms with Crippen LogP contribution in [0, 0.1) is 6.07 Å². The van der Waals surface area contributed by atoms with Gasteiger partial charge in [-0.15, -0.1) is 0 Å². The van der Waals surface area contributed by atoms with Crippen LogP contribution in [0.1, 0.15) is 17.3 Å². The van der Waals surface area contributed by atoms with E-state index in [1.807, 2.05) is 0 Å². The fourth-order valence-electron chi connectivity index (χ4n) is 0.622. The number of carbonyl (C=O) groups excluding carboxylic acids is 1. The van der Waals surface area contributed by atoms with Crippen molar-refractivity contribution in [2.75, 3.05) is 0 Å². The molecule has 52 valence electrons. The number of hydrogen-bond donors (Lipinski definition) is 0. The molecule has 0 aromatic heterocycles. The first-order valence-corrected chi connectivity index (χ1v) is 2.78. The smallest absolute Gasteiger partial charge is 0.135 e. The first-order valence-electron chi connectivity index (χ1n) is 2.78. The summed E-state index contributed by atoms with van der Waals surface area (Å²) in [6, 6.07) is 9.81. The van der Waals surface area contributed by atoms with Gasteiger partial charge in [-0.1, -0.05) is 5.56 Å². The second kappa shape index (κ2) is 4.40. The van der Waals surface area contributed by atoms with E-state index >= 15 is 0 Å². The molecule has 0 radical (unpaired) electrons. The standard InChI is InChI=1S/C8H7O.W/c1-7(9)8-5-3-2-4-6-8;/h3-6H,1H3;/q-1;. The van der Waals surface area contributed by atoms with Gasteiger partial charge in [0, 0.05) is 21.1 Å². The molecule has 0 saturated carbocycles. The molecule has 0 saturated heterocycles. The van der Waals surface area contributed by atoms with Crippen LogP contribution < -0.4 is 0 Å². The van der Waals surface area contributed by atoms with Gasteiger partial charge >= 0.3 is 0 Å². The molecule has 0 spiro atoms. The van der Waals surface area contributed by atoms with Crippen molar-refractivity contribution in [1.82, 2.24) is 0 Å². The zero-order valence-corrected chi connectivity index (χ0v) is 8.56.